The van der Waals surface area contributed by atoms with E-state index in [1.54, 1.807) is 24.3 Å². The van der Waals surface area contributed by atoms with Gasteiger partial charge in [-0.2, -0.15) is 5.10 Å². The number of carbonyl (C=O) groups is 1. The van der Waals surface area contributed by atoms with E-state index in [2.05, 4.69) is 17.1 Å². The van der Waals surface area contributed by atoms with Crippen LogP contribution in [0.25, 0.3) is 0 Å². The van der Waals surface area contributed by atoms with Crippen LogP contribution in [0, 0.1) is 0 Å². The summed E-state index contributed by atoms with van der Waals surface area (Å²) in [4.78, 5) is 12.5. The summed E-state index contributed by atoms with van der Waals surface area (Å²) in [6, 6.07) is 19.8. The van der Waals surface area contributed by atoms with Gasteiger partial charge in [0.15, 0.2) is 11.5 Å². The minimum absolute atomic E-state index is 0.339. The molecule has 0 saturated heterocycles. The Morgan fingerprint density at radius 3 is 2.56 bits per heavy atom. The van der Waals surface area contributed by atoms with Crippen LogP contribution in [0.2, 0.25) is 5.02 Å². The second-order valence-corrected chi connectivity index (χ2v) is 7.05. The number of nitrogens with zero attached hydrogens (tertiary/aromatic N) is 1. The van der Waals surface area contributed by atoms with Crippen molar-refractivity contribution in [2.75, 3.05) is 13.7 Å². The summed E-state index contributed by atoms with van der Waals surface area (Å²) in [6.07, 6.45) is 3.17. The largest absolute Gasteiger partial charge is 0.493 e. The molecule has 3 rings (SSSR count). The standard InChI is InChI=1S/C25H23ClN2O4/c1-3-14-31-23-13-10-19(15-24(23)30-2)25(29)28-27-16-20-6-4-5-7-22(20)32-17-18-8-11-21(26)12-9-18/h3-13,15-16H,1,14,17H2,2H3,(H,28,29)/b27-16+. The fourth-order valence-electron chi connectivity index (χ4n) is 2.76. The van der Waals surface area contributed by atoms with E-state index in [0.717, 1.165) is 11.1 Å². The second-order valence-electron chi connectivity index (χ2n) is 6.62. The van der Waals surface area contributed by atoms with E-state index in [-0.39, 0.29) is 5.91 Å². The van der Waals surface area contributed by atoms with Crippen molar-refractivity contribution in [1.29, 1.82) is 0 Å². The number of amides is 1. The zero-order valence-corrected chi connectivity index (χ0v) is 18.3. The van der Waals surface area contributed by atoms with E-state index in [9.17, 15) is 4.79 Å². The molecule has 7 heteroatoms. The van der Waals surface area contributed by atoms with Crippen LogP contribution in [-0.4, -0.2) is 25.8 Å². The molecule has 32 heavy (non-hydrogen) atoms. The molecule has 0 bridgehead atoms. The van der Waals surface area contributed by atoms with Crippen molar-refractivity contribution in [2.45, 2.75) is 6.61 Å². The van der Waals surface area contributed by atoms with Crippen LogP contribution < -0.4 is 19.6 Å². The Bertz CT molecular complexity index is 1100. The normalized spacial score (nSPS) is 10.6. The predicted octanol–water partition coefficient (Wildman–Crippen LogP) is 5.26. The van der Waals surface area contributed by atoms with Gasteiger partial charge in [-0.05, 0) is 48.0 Å². The molecule has 0 saturated carbocycles. The monoisotopic (exact) mass is 450 g/mol. The highest BCUT2D eigenvalue weighted by atomic mass is 35.5. The molecule has 0 aromatic heterocycles. The molecule has 1 amide bonds. The van der Waals surface area contributed by atoms with Crippen LogP contribution >= 0.6 is 11.6 Å². The van der Waals surface area contributed by atoms with Gasteiger partial charge < -0.3 is 14.2 Å². The molecule has 1 N–H and O–H groups in total. The first-order chi connectivity index (χ1) is 15.6. The fraction of sp³-hybridized carbons (Fsp3) is 0.120. The number of carbonyl (C=O) groups excluding carboxylic acids is 1. The SMILES string of the molecule is C=CCOc1ccc(C(=O)N/N=C/c2ccccc2OCc2ccc(Cl)cc2)cc1OC. The number of nitrogens with one attached hydrogen (secondary N) is 1. The molecule has 0 atom stereocenters. The third-order valence-electron chi connectivity index (χ3n) is 4.38. The van der Waals surface area contributed by atoms with Crippen molar-refractivity contribution < 1.29 is 19.0 Å². The molecular formula is C25H23ClN2O4. The Balaban J connectivity index is 1.63. The van der Waals surface area contributed by atoms with Crippen LogP contribution in [0.4, 0.5) is 0 Å². The third-order valence-corrected chi connectivity index (χ3v) is 4.63. The van der Waals surface area contributed by atoms with E-state index in [4.69, 9.17) is 25.8 Å². The summed E-state index contributed by atoms with van der Waals surface area (Å²) in [5, 5.41) is 4.74. The van der Waals surface area contributed by atoms with Crippen LogP contribution in [0.5, 0.6) is 17.2 Å². The van der Waals surface area contributed by atoms with E-state index in [1.165, 1.54) is 13.3 Å². The van der Waals surface area contributed by atoms with Gasteiger partial charge in [-0.25, -0.2) is 5.43 Å². The lowest BCUT2D eigenvalue weighted by Gasteiger charge is -2.10. The van der Waals surface area contributed by atoms with E-state index in [0.29, 0.717) is 41.0 Å². The molecule has 0 fully saturated rings. The lowest BCUT2D eigenvalue weighted by molar-refractivity contribution is 0.0954. The fourth-order valence-corrected chi connectivity index (χ4v) is 2.89. The van der Waals surface area contributed by atoms with Crippen LogP contribution in [0.15, 0.2) is 84.5 Å². The van der Waals surface area contributed by atoms with Gasteiger partial charge in [0, 0.05) is 16.1 Å². The average Bonchev–Trinajstić information content (AvgIpc) is 2.83. The lowest BCUT2D eigenvalue weighted by Crippen LogP contribution is -2.17. The molecule has 3 aromatic rings. The summed E-state index contributed by atoms with van der Waals surface area (Å²) in [5.74, 6) is 1.24. The molecule has 164 valence electrons. The van der Waals surface area contributed by atoms with Crippen molar-refractivity contribution in [3.05, 3.63) is 101 Å². The Morgan fingerprint density at radius 2 is 1.81 bits per heavy atom. The van der Waals surface area contributed by atoms with Crippen LogP contribution in [-0.2, 0) is 6.61 Å². The minimum Gasteiger partial charge on any atom is -0.493 e. The number of hydrazone groups is 1. The van der Waals surface area contributed by atoms with Crippen molar-refractivity contribution in [2.24, 2.45) is 5.10 Å². The maximum Gasteiger partial charge on any atom is 0.271 e. The van der Waals surface area contributed by atoms with Gasteiger partial charge in [-0.15, -0.1) is 0 Å². The smallest absolute Gasteiger partial charge is 0.271 e. The van der Waals surface area contributed by atoms with Crippen molar-refractivity contribution in [3.8, 4) is 17.2 Å². The van der Waals surface area contributed by atoms with E-state index in [1.807, 2.05) is 48.5 Å². The highest BCUT2D eigenvalue weighted by Gasteiger charge is 2.11. The highest BCUT2D eigenvalue weighted by molar-refractivity contribution is 6.30. The first-order valence-corrected chi connectivity index (χ1v) is 10.2. The molecule has 0 aliphatic carbocycles. The number of benzene rings is 3. The average molecular weight is 451 g/mol. The molecule has 0 heterocycles. The summed E-state index contributed by atoms with van der Waals surface area (Å²) in [5.41, 5.74) is 4.62. The number of methoxy groups -OCH3 is 1. The van der Waals surface area contributed by atoms with Gasteiger partial charge in [-0.1, -0.05) is 48.5 Å². The summed E-state index contributed by atoms with van der Waals surface area (Å²) in [7, 11) is 1.51. The highest BCUT2D eigenvalue weighted by Crippen LogP contribution is 2.28. The molecular weight excluding hydrogens is 428 g/mol. The number of hydrogen-bond donors (Lipinski definition) is 1. The quantitative estimate of drug-likeness (QED) is 0.260. The van der Waals surface area contributed by atoms with Gasteiger partial charge in [-0.3, -0.25) is 4.79 Å². The summed E-state index contributed by atoms with van der Waals surface area (Å²) >= 11 is 5.92. The van der Waals surface area contributed by atoms with Gasteiger partial charge in [0.1, 0.15) is 19.0 Å². The molecule has 3 aromatic carbocycles. The molecule has 0 unspecified atom stereocenters. The van der Waals surface area contributed by atoms with Crippen molar-refractivity contribution in [3.63, 3.8) is 0 Å². The molecule has 0 aliphatic heterocycles. The Hall–Kier alpha value is -3.77. The van der Waals surface area contributed by atoms with Crippen LogP contribution in [0.3, 0.4) is 0 Å². The van der Waals surface area contributed by atoms with Gasteiger partial charge >= 0.3 is 0 Å². The second kappa shape index (κ2) is 11.6. The molecule has 0 radical (unpaired) electrons. The summed E-state index contributed by atoms with van der Waals surface area (Å²) < 4.78 is 16.7. The minimum atomic E-state index is -0.380. The van der Waals surface area contributed by atoms with E-state index < -0.39 is 0 Å². The Kier molecular flexibility index (Phi) is 8.29. The van der Waals surface area contributed by atoms with Crippen LogP contribution in [0.1, 0.15) is 21.5 Å². The summed E-state index contributed by atoms with van der Waals surface area (Å²) in [6.45, 7) is 4.33. The number of halogens is 1. The predicted molar refractivity (Wildman–Crippen MR) is 126 cm³/mol. The van der Waals surface area contributed by atoms with Gasteiger partial charge in [0.05, 0.1) is 13.3 Å². The first-order valence-electron chi connectivity index (χ1n) is 9.82. The van der Waals surface area contributed by atoms with Gasteiger partial charge in [0.2, 0.25) is 0 Å². The van der Waals surface area contributed by atoms with E-state index >= 15 is 0 Å². The number of rotatable bonds is 10. The topological polar surface area (TPSA) is 69.2 Å². The maximum absolute atomic E-state index is 12.5. The molecule has 6 nitrogen and oxygen atoms in total. The number of ether oxygens (including phenoxy) is 3. The maximum atomic E-state index is 12.5. The zero-order chi connectivity index (χ0) is 22.8. The Morgan fingerprint density at radius 1 is 1.03 bits per heavy atom. The number of para-hydroxylation sites is 1. The number of hydrogen-bond acceptors (Lipinski definition) is 5. The first kappa shape index (κ1) is 22.9. The lowest BCUT2D eigenvalue weighted by atomic mass is 10.2. The van der Waals surface area contributed by atoms with Crippen molar-refractivity contribution >= 4 is 23.7 Å². The Labute approximate surface area is 192 Å². The molecule has 0 aliphatic rings. The van der Waals surface area contributed by atoms with Crippen molar-refractivity contribution in [1.82, 2.24) is 5.43 Å². The third kappa shape index (κ3) is 6.36. The zero-order valence-electron chi connectivity index (χ0n) is 17.6. The molecule has 0 spiro atoms. The van der Waals surface area contributed by atoms with Gasteiger partial charge in [0.25, 0.3) is 5.91 Å².